The van der Waals surface area contributed by atoms with Crippen molar-refractivity contribution < 1.29 is 0 Å². The average molecular weight is 367 g/mol. The smallest absolute Gasteiger partial charge is 0.266 e. The van der Waals surface area contributed by atoms with Crippen LogP contribution in [0.15, 0.2) is 23.0 Å². The van der Waals surface area contributed by atoms with Gasteiger partial charge in [-0.1, -0.05) is 28.5 Å². The van der Waals surface area contributed by atoms with Gasteiger partial charge in [-0.05, 0) is 57.2 Å². The van der Waals surface area contributed by atoms with Crippen LogP contribution in [0.3, 0.4) is 0 Å². The van der Waals surface area contributed by atoms with Gasteiger partial charge in [0.25, 0.3) is 5.56 Å². The van der Waals surface area contributed by atoms with E-state index in [4.69, 9.17) is 4.98 Å². The standard InChI is InChI=1S/C19H17N3OS2/c1-10-7-11(2)9-12(8-10)16-21-22-18(23)15-13-5-3-4-6-14(13)24-17(15)20-19(22)25-16/h7-9H,3-6H2,1-2H3. The van der Waals surface area contributed by atoms with E-state index in [0.29, 0.717) is 4.96 Å². The van der Waals surface area contributed by atoms with Crippen LogP contribution < -0.4 is 5.56 Å². The third kappa shape index (κ3) is 2.35. The van der Waals surface area contributed by atoms with Crippen molar-refractivity contribution in [2.45, 2.75) is 39.5 Å². The van der Waals surface area contributed by atoms with Crippen LogP contribution in [0, 0.1) is 13.8 Å². The Bertz CT molecular complexity index is 1180. The third-order valence-electron chi connectivity index (χ3n) is 4.78. The second-order valence-electron chi connectivity index (χ2n) is 6.79. The lowest BCUT2D eigenvalue weighted by molar-refractivity contribution is 0.699. The maximum absolute atomic E-state index is 13.1. The number of hydrogen-bond donors (Lipinski definition) is 0. The van der Waals surface area contributed by atoms with Gasteiger partial charge in [0, 0.05) is 10.4 Å². The van der Waals surface area contributed by atoms with E-state index < -0.39 is 0 Å². The maximum Gasteiger partial charge on any atom is 0.284 e. The molecule has 1 aliphatic rings. The number of aryl methyl sites for hydroxylation is 4. The van der Waals surface area contributed by atoms with E-state index in [-0.39, 0.29) is 5.56 Å². The van der Waals surface area contributed by atoms with Gasteiger partial charge in [0.05, 0.1) is 5.39 Å². The number of benzene rings is 1. The summed E-state index contributed by atoms with van der Waals surface area (Å²) >= 11 is 3.18. The molecule has 126 valence electrons. The summed E-state index contributed by atoms with van der Waals surface area (Å²) in [5.41, 5.74) is 4.66. The molecular formula is C19H17N3OS2. The lowest BCUT2D eigenvalue weighted by atomic mass is 9.97. The molecule has 0 amide bonds. The predicted molar refractivity (Wildman–Crippen MR) is 104 cm³/mol. The van der Waals surface area contributed by atoms with Crippen LogP contribution in [-0.2, 0) is 12.8 Å². The summed E-state index contributed by atoms with van der Waals surface area (Å²) in [5, 5.41) is 6.26. The fraction of sp³-hybridized carbons (Fsp3) is 0.316. The average Bonchev–Trinajstić information content (AvgIpc) is 3.15. The molecule has 0 unspecified atom stereocenters. The first kappa shape index (κ1) is 15.2. The summed E-state index contributed by atoms with van der Waals surface area (Å²) in [6, 6.07) is 6.36. The van der Waals surface area contributed by atoms with Gasteiger partial charge in [-0.15, -0.1) is 11.3 Å². The molecule has 4 nitrogen and oxygen atoms in total. The predicted octanol–water partition coefficient (Wildman–Crippen LogP) is 4.53. The van der Waals surface area contributed by atoms with E-state index in [0.717, 1.165) is 40.1 Å². The van der Waals surface area contributed by atoms with Gasteiger partial charge in [-0.2, -0.15) is 9.61 Å². The molecular weight excluding hydrogens is 350 g/mol. The van der Waals surface area contributed by atoms with E-state index >= 15 is 0 Å². The Hall–Kier alpha value is -2.05. The normalized spacial score (nSPS) is 14.3. The van der Waals surface area contributed by atoms with Gasteiger partial charge in [0.15, 0.2) is 0 Å². The molecule has 0 saturated carbocycles. The van der Waals surface area contributed by atoms with Crippen molar-refractivity contribution in [3.05, 3.63) is 50.1 Å². The molecule has 1 aromatic carbocycles. The molecule has 3 heterocycles. The van der Waals surface area contributed by atoms with E-state index in [1.807, 2.05) is 0 Å². The van der Waals surface area contributed by atoms with Crippen LogP contribution in [0.25, 0.3) is 25.7 Å². The number of fused-ring (bicyclic) bond motifs is 4. The molecule has 0 fully saturated rings. The zero-order valence-electron chi connectivity index (χ0n) is 14.1. The van der Waals surface area contributed by atoms with Gasteiger partial charge in [0.1, 0.15) is 9.84 Å². The first-order valence-electron chi connectivity index (χ1n) is 8.53. The Morgan fingerprint density at radius 2 is 1.80 bits per heavy atom. The highest BCUT2D eigenvalue weighted by molar-refractivity contribution is 7.21. The SMILES string of the molecule is Cc1cc(C)cc(-c2nn3c(=O)c4c5c(sc4nc3s2)CCCC5)c1. The number of aromatic nitrogens is 3. The number of nitrogens with zero attached hydrogens (tertiary/aromatic N) is 3. The molecule has 0 bridgehead atoms. The highest BCUT2D eigenvalue weighted by atomic mass is 32.1. The van der Waals surface area contributed by atoms with Crippen LogP contribution in [0.4, 0.5) is 0 Å². The first-order valence-corrected chi connectivity index (χ1v) is 10.2. The molecule has 0 N–H and O–H groups in total. The quantitative estimate of drug-likeness (QED) is 0.497. The molecule has 25 heavy (non-hydrogen) atoms. The van der Waals surface area contributed by atoms with Crippen LogP contribution >= 0.6 is 22.7 Å². The van der Waals surface area contributed by atoms with Crippen molar-refractivity contribution in [1.29, 1.82) is 0 Å². The van der Waals surface area contributed by atoms with Crippen LogP contribution in [0.2, 0.25) is 0 Å². The van der Waals surface area contributed by atoms with E-state index in [1.54, 1.807) is 11.3 Å². The summed E-state index contributed by atoms with van der Waals surface area (Å²) < 4.78 is 1.50. The number of rotatable bonds is 1. The molecule has 5 rings (SSSR count). The fourth-order valence-corrected chi connectivity index (χ4v) is 5.93. The molecule has 0 atom stereocenters. The van der Waals surface area contributed by atoms with Crippen molar-refractivity contribution in [2.24, 2.45) is 0 Å². The van der Waals surface area contributed by atoms with Crippen molar-refractivity contribution in [1.82, 2.24) is 14.6 Å². The molecule has 0 saturated heterocycles. The van der Waals surface area contributed by atoms with Crippen molar-refractivity contribution in [3.63, 3.8) is 0 Å². The summed E-state index contributed by atoms with van der Waals surface area (Å²) in [6.45, 7) is 4.16. The van der Waals surface area contributed by atoms with Crippen molar-refractivity contribution in [2.75, 3.05) is 0 Å². The van der Waals surface area contributed by atoms with Gasteiger partial charge in [-0.3, -0.25) is 4.79 Å². The summed E-state index contributed by atoms with van der Waals surface area (Å²) in [4.78, 5) is 20.8. The highest BCUT2D eigenvalue weighted by Gasteiger charge is 2.22. The van der Waals surface area contributed by atoms with Crippen molar-refractivity contribution >= 4 is 37.9 Å². The Labute approximate surface area is 152 Å². The lowest BCUT2D eigenvalue weighted by Crippen LogP contribution is -2.16. The minimum Gasteiger partial charge on any atom is -0.266 e. The van der Waals surface area contributed by atoms with Gasteiger partial charge in [0.2, 0.25) is 4.96 Å². The first-order chi connectivity index (χ1) is 12.1. The van der Waals surface area contributed by atoms with E-state index in [9.17, 15) is 4.79 Å². The number of hydrogen-bond acceptors (Lipinski definition) is 5. The Morgan fingerprint density at radius 3 is 2.60 bits per heavy atom. The molecule has 0 spiro atoms. The second kappa shape index (κ2) is 5.47. The third-order valence-corrected chi connectivity index (χ3v) is 6.93. The van der Waals surface area contributed by atoms with Crippen LogP contribution in [0.1, 0.15) is 34.4 Å². The van der Waals surface area contributed by atoms with Crippen LogP contribution in [-0.4, -0.2) is 14.6 Å². The Balaban J connectivity index is 1.77. The second-order valence-corrected chi connectivity index (χ2v) is 8.83. The minimum absolute atomic E-state index is 0.00808. The van der Waals surface area contributed by atoms with Gasteiger partial charge < -0.3 is 0 Å². The zero-order chi connectivity index (χ0) is 17.1. The minimum atomic E-state index is -0.00808. The van der Waals surface area contributed by atoms with Gasteiger partial charge in [-0.25, -0.2) is 4.98 Å². The largest absolute Gasteiger partial charge is 0.284 e. The van der Waals surface area contributed by atoms with E-state index in [1.165, 1.54) is 43.8 Å². The fourth-order valence-electron chi connectivity index (χ4n) is 3.74. The van der Waals surface area contributed by atoms with Crippen LogP contribution in [0.5, 0.6) is 0 Å². The summed E-state index contributed by atoms with van der Waals surface area (Å²) in [6.07, 6.45) is 4.44. The molecule has 3 aromatic heterocycles. The molecule has 0 radical (unpaired) electrons. The maximum atomic E-state index is 13.1. The monoisotopic (exact) mass is 367 g/mol. The summed E-state index contributed by atoms with van der Waals surface area (Å²) in [7, 11) is 0. The Kier molecular flexibility index (Phi) is 3.33. The Morgan fingerprint density at radius 1 is 1.04 bits per heavy atom. The number of thiophene rings is 1. The molecule has 1 aliphatic carbocycles. The van der Waals surface area contributed by atoms with Gasteiger partial charge >= 0.3 is 0 Å². The topological polar surface area (TPSA) is 47.3 Å². The summed E-state index contributed by atoms with van der Waals surface area (Å²) in [5.74, 6) is 0. The van der Waals surface area contributed by atoms with E-state index in [2.05, 4.69) is 37.1 Å². The molecule has 4 aromatic rings. The lowest BCUT2D eigenvalue weighted by Gasteiger charge is -2.09. The van der Waals surface area contributed by atoms with Crippen molar-refractivity contribution in [3.8, 4) is 10.6 Å². The highest BCUT2D eigenvalue weighted by Crippen LogP contribution is 2.35. The zero-order valence-corrected chi connectivity index (χ0v) is 15.8. The molecule has 6 heteroatoms. The molecule has 0 aliphatic heterocycles.